The molecule has 0 spiro atoms. The first kappa shape index (κ1) is 26.6. The number of carbonyl (C=O) groups is 4. The van der Waals surface area contributed by atoms with Crippen LogP contribution >= 0.6 is 0 Å². The number of fused-ring (bicyclic) bond motifs is 4. The average Bonchev–Trinajstić information content (AvgIpc) is 3.22. The number of piperidine rings is 1. The van der Waals surface area contributed by atoms with Crippen molar-refractivity contribution in [1.29, 1.82) is 5.26 Å². The lowest BCUT2D eigenvalue weighted by Gasteiger charge is -2.39. The molecule has 3 saturated heterocycles. The van der Waals surface area contributed by atoms with E-state index in [4.69, 9.17) is 10.5 Å². The number of nitriles is 1. The molecule has 11 nitrogen and oxygen atoms in total. The Bertz CT molecular complexity index is 1320. The van der Waals surface area contributed by atoms with E-state index >= 15 is 0 Å². The Hall–Kier alpha value is -3.65. The molecular weight excluding hydrogens is 512 g/mol. The molecule has 2 aliphatic carbocycles. The minimum absolute atomic E-state index is 0.00648. The lowest BCUT2D eigenvalue weighted by atomic mass is 10.0. The lowest BCUT2D eigenvalue weighted by molar-refractivity contribution is -0.141. The van der Waals surface area contributed by atoms with Gasteiger partial charge in [0, 0.05) is 30.7 Å². The number of likely N-dealkylation sites (tertiary alicyclic amines) is 3. The molecule has 0 radical (unpaired) electrons. The van der Waals surface area contributed by atoms with Gasteiger partial charge in [-0.2, -0.15) is 5.26 Å². The van der Waals surface area contributed by atoms with Crippen LogP contribution in [0.3, 0.4) is 0 Å². The third-order valence-corrected chi connectivity index (χ3v) is 9.04. The number of ether oxygens (including phenoxy) is 1. The third-order valence-electron chi connectivity index (χ3n) is 9.04. The van der Waals surface area contributed by atoms with Crippen molar-refractivity contribution in [2.24, 2.45) is 11.7 Å². The van der Waals surface area contributed by atoms with E-state index < -0.39 is 29.7 Å². The van der Waals surface area contributed by atoms with Crippen LogP contribution in [0, 0.1) is 17.2 Å². The Morgan fingerprint density at radius 2 is 1.98 bits per heavy atom. The van der Waals surface area contributed by atoms with Crippen LogP contribution in [0.15, 0.2) is 18.2 Å². The largest absolute Gasteiger partial charge is 0.444 e. The van der Waals surface area contributed by atoms with Crippen molar-refractivity contribution < 1.29 is 23.9 Å². The van der Waals surface area contributed by atoms with E-state index in [0.717, 1.165) is 30.4 Å². The van der Waals surface area contributed by atoms with Crippen LogP contribution in [-0.4, -0.2) is 87.4 Å². The molecule has 4 amide bonds. The summed E-state index contributed by atoms with van der Waals surface area (Å²) >= 11 is 0. The summed E-state index contributed by atoms with van der Waals surface area (Å²) in [5.74, 6) is -0.379. The summed E-state index contributed by atoms with van der Waals surface area (Å²) in [6.45, 7) is 6.04. The highest BCUT2D eigenvalue weighted by atomic mass is 16.6. The van der Waals surface area contributed by atoms with E-state index in [9.17, 15) is 24.4 Å². The predicted molar refractivity (Wildman–Crippen MR) is 143 cm³/mol. The van der Waals surface area contributed by atoms with Gasteiger partial charge < -0.3 is 25.6 Å². The smallest absolute Gasteiger partial charge is 0.408 e. The zero-order valence-electron chi connectivity index (χ0n) is 23.1. The Balaban J connectivity index is 1.18. The highest BCUT2D eigenvalue weighted by Gasteiger charge is 2.57. The topological polar surface area (TPSA) is 149 Å². The van der Waals surface area contributed by atoms with E-state index in [1.165, 1.54) is 0 Å². The normalized spacial score (nSPS) is 31.0. The van der Waals surface area contributed by atoms with Gasteiger partial charge in [0.2, 0.25) is 17.7 Å². The third kappa shape index (κ3) is 4.58. The standard InChI is InChI=1S/C29H36N6O5/c1-29(2,3)40-28(39)32-21(26(37)34-18(12-30)9-17-10-23(17)34)14-33-13-19-11-24(33)27(38)35(19)22-7-5-15-8-16(25(31)36)4-6-20(15)22/h4,6,8,17-19,21-24H,5,7,9-11,13-14H2,1-3H3,(H2,31,36)(H,32,39)/t17-,18+,19+,21+,22+,23+,24+/m1/s1. The van der Waals surface area contributed by atoms with Crippen molar-refractivity contribution in [1.82, 2.24) is 20.0 Å². The number of nitrogens with zero attached hydrogens (tertiary/aromatic N) is 4. The highest BCUT2D eigenvalue weighted by molar-refractivity contribution is 5.93. The molecule has 3 N–H and O–H groups in total. The van der Waals surface area contributed by atoms with E-state index in [0.29, 0.717) is 30.9 Å². The van der Waals surface area contributed by atoms with Crippen LogP contribution < -0.4 is 11.1 Å². The molecule has 2 bridgehead atoms. The van der Waals surface area contributed by atoms with E-state index in [-0.39, 0.29) is 42.5 Å². The second-order valence-electron chi connectivity index (χ2n) is 12.8. The van der Waals surface area contributed by atoms with Gasteiger partial charge in [-0.3, -0.25) is 19.3 Å². The maximum Gasteiger partial charge on any atom is 0.408 e. The zero-order chi connectivity index (χ0) is 28.5. The number of hydrogen-bond donors (Lipinski definition) is 2. The Labute approximate surface area is 233 Å². The number of primary amides is 1. The number of alkyl carbamates (subject to hydrolysis) is 1. The molecular formula is C29H36N6O5. The van der Waals surface area contributed by atoms with Gasteiger partial charge in [-0.15, -0.1) is 0 Å². The number of rotatable bonds is 6. The highest BCUT2D eigenvalue weighted by Crippen LogP contribution is 2.48. The number of nitrogens with two attached hydrogens (primary N) is 1. The van der Waals surface area contributed by atoms with Crippen molar-refractivity contribution in [2.75, 3.05) is 13.1 Å². The Kier molecular flexibility index (Phi) is 6.29. The minimum Gasteiger partial charge on any atom is -0.444 e. The number of amides is 4. The molecule has 3 heterocycles. The summed E-state index contributed by atoms with van der Waals surface area (Å²) in [6, 6.07) is 5.90. The van der Waals surface area contributed by atoms with Gasteiger partial charge >= 0.3 is 6.09 Å². The summed E-state index contributed by atoms with van der Waals surface area (Å²) < 4.78 is 5.45. The van der Waals surface area contributed by atoms with Gasteiger partial charge in [-0.1, -0.05) is 6.07 Å². The van der Waals surface area contributed by atoms with E-state index in [1.807, 2.05) is 21.9 Å². The molecule has 7 atom stereocenters. The number of piperazine rings is 1. The van der Waals surface area contributed by atoms with Crippen LogP contribution in [0.4, 0.5) is 4.79 Å². The number of carbonyl (C=O) groups excluding carboxylic acids is 4. The molecule has 4 fully saturated rings. The zero-order valence-corrected chi connectivity index (χ0v) is 23.1. The first-order valence-electron chi connectivity index (χ1n) is 14.2. The second kappa shape index (κ2) is 9.47. The molecule has 212 valence electrons. The quantitative estimate of drug-likeness (QED) is 0.547. The fourth-order valence-electron chi connectivity index (χ4n) is 7.28. The molecule has 3 aliphatic heterocycles. The fourth-order valence-corrected chi connectivity index (χ4v) is 7.28. The summed E-state index contributed by atoms with van der Waals surface area (Å²) in [5, 5.41) is 12.4. The van der Waals surface area contributed by atoms with Crippen molar-refractivity contribution in [3.8, 4) is 6.07 Å². The second-order valence-corrected chi connectivity index (χ2v) is 12.8. The maximum absolute atomic E-state index is 13.8. The molecule has 1 aromatic carbocycles. The summed E-state index contributed by atoms with van der Waals surface area (Å²) in [5.41, 5.74) is 7.31. The van der Waals surface area contributed by atoms with Gasteiger partial charge in [-0.25, -0.2) is 4.79 Å². The monoisotopic (exact) mass is 548 g/mol. The number of benzene rings is 1. The Morgan fingerprint density at radius 1 is 1.20 bits per heavy atom. The van der Waals surface area contributed by atoms with Gasteiger partial charge in [-0.05, 0) is 82.1 Å². The van der Waals surface area contributed by atoms with Crippen LogP contribution in [0.25, 0.3) is 0 Å². The number of aryl methyl sites for hydroxylation is 1. The van der Waals surface area contributed by atoms with Crippen LogP contribution in [0.5, 0.6) is 0 Å². The van der Waals surface area contributed by atoms with Gasteiger partial charge in [0.1, 0.15) is 17.7 Å². The molecule has 1 aromatic rings. The molecule has 11 heteroatoms. The van der Waals surface area contributed by atoms with Crippen molar-refractivity contribution in [3.63, 3.8) is 0 Å². The number of hydrogen-bond acceptors (Lipinski definition) is 7. The minimum atomic E-state index is -0.926. The van der Waals surface area contributed by atoms with Gasteiger partial charge in [0.15, 0.2) is 0 Å². The maximum atomic E-state index is 13.8. The van der Waals surface area contributed by atoms with Crippen LogP contribution in [0.2, 0.25) is 0 Å². The lowest BCUT2D eigenvalue weighted by Crippen LogP contribution is -2.59. The van der Waals surface area contributed by atoms with Crippen molar-refractivity contribution in [2.45, 2.75) is 94.7 Å². The molecule has 1 saturated carbocycles. The van der Waals surface area contributed by atoms with Crippen LogP contribution in [0.1, 0.15) is 74.0 Å². The fraction of sp³-hybridized carbons (Fsp3) is 0.621. The van der Waals surface area contributed by atoms with Crippen molar-refractivity contribution in [3.05, 3.63) is 34.9 Å². The van der Waals surface area contributed by atoms with E-state index in [2.05, 4.69) is 11.4 Å². The first-order chi connectivity index (χ1) is 18.9. The summed E-state index contributed by atoms with van der Waals surface area (Å²) in [7, 11) is 0. The van der Waals surface area contributed by atoms with Crippen molar-refractivity contribution >= 4 is 23.8 Å². The molecule has 40 heavy (non-hydrogen) atoms. The SMILES string of the molecule is CC(C)(C)OC(=O)N[C@@H](CN1C[C@@H]2C[C@H]1C(=O)N2[C@H]1CCc2cc(C(N)=O)ccc21)C(=O)N1[C@H](C#N)C[C@@H]2C[C@@H]21. The molecule has 5 aliphatic rings. The number of nitrogens with one attached hydrogen (secondary N) is 1. The predicted octanol–water partition coefficient (Wildman–Crippen LogP) is 1.46. The average molecular weight is 549 g/mol. The van der Waals surface area contributed by atoms with Crippen LogP contribution in [-0.2, 0) is 20.7 Å². The first-order valence-corrected chi connectivity index (χ1v) is 14.2. The molecule has 0 aromatic heterocycles. The Morgan fingerprint density at radius 3 is 2.65 bits per heavy atom. The van der Waals surface area contributed by atoms with Gasteiger partial charge in [0.25, 0.3) is 0 Å². The van der Waals surface area contributed by atoms with E-state index in [1.54, 1.807) is 31.7 Å². The molecule has 6 rings (SSSR count). The van der Waals surface area contributed by atoms with Gasteiger partial charge in [0.05, 0.1) is 18.2 Å². The summed E-state index contributed by atoms with van der Waals surface area (Å²) in [6.07, 6.45) is 3.08. The summed E-state index contributed by atoms with van der Waals surface area (Å²) in [4.78, 5) is 57.4. The molecule has 0 unspecified atom stereocenters.